The summed E-state index contributed by atoms with van der Waals surface area (Å²) in [6, 6.07) is 0.179. The highest BCUT2D eigenvalue weighted by Gasteiger charge is 2.05. The molecular weight excluding hydrogens is 166 g/mol. The van der Waals surface area contributed by atoms with Gasteiger partial charge < -0.3 is 15.5 Å². The van der Waals surface area contributed by atoms with E-state index in [1.54, 1.807) is 6.92 Å². The van der Waals surface area contributed by atoms with Crippen molar-refractivity contribution in [1.29, 1.82) is 0 Å². The minimum absolute atomic E-state index is 0.179. The summed E-state index contributed by atoms with van der Waals surface area (Å²) in [7, 11) is 0. The van der Waals surface area contributed by atoms with Crippen LogP contribution in [0.4, 0.5) is 0 Å². The second-order valence-electron chi connectivity index (χ2n) is 3.62. The molecule has 0 aliphatic heterocycles. The van der Waals surface area contributed by atoms with E-state index in [9.17, 15) is 0 Å². The Morgan fingerprint density at radius 3 is 2.23 bits per heavy atom. The Morgan fingerprint density at radius 2 is 1.69 bits per heavy atom. The van der Waals surface area contributed by atoms with Crippen LogP contribution in [0, 0.1) is 0 Å². The molecule has 0 saturated heterocycles. The van der Waals surface area contributed by atoms with Crippen molar-refractivity contribution < 1.29 is 10.2 Å². The molecule has 0 aromatic carbocycles. The minimum Gasteiger partial charge on any atom is -0.396 e. The second-order valence-corrected chi connectivity index (χ2v) is 3.62. The molecule has 0 heterocycles. The van der Waals surface area contributed by atoms with E-state index in [4.69, 9.17) is 10.2 Å². The Kier molecular flexibility index (Phi) is 8.40. The van der Waals surface area contributed by atoms with Gasteiger partial charge in [-0.3, -0.25) is 0 Å². The summed E-state index contributed by atoms with van der Waals surface area (Å²) >= 11 is 0. The molecule has 0 aromatic rings. The largest absolute Gasteiger partial charge is 0.396 e. The number of aliphatic hydroxyl groups excluding tert-OH is 2. The normalized spacial score (nSPS) is 15.7. The molecule has 0 amide bonds. The lowest BCUT2D eigenvalue weighted by molar-refractivity contribution is 0.152. The predicted octanol–water partition coefficient (Wildman–Crippen LogP) is 0.898. The fraction of sp³-hybridized carbons (Fsp3) is 1.00. The van der Waals surface area contributed by atoms with Gasteiger partial charge in [-0.1, -0.05) is 12.8 Å². The SMILES string of the molecule is CC(O)C(C)NCCCCCCO. The van der Waals surface area contributed by atoms with Crippen LogP contribution >= 0.6 is 0 Å². The van der Waals surface area contributed by atoms with Gasteiger partial charge in [-0.05, 0) is 33.2 Å². The zero-order chi connectivity index (χ0) is 10.1. The van der Waals surface area contributed by atoms with E-state index >= 15 is 0 Å². The topological polar surface area (TPSA) is 52.5 Å². The van der Waals surface area contributed by atoms with Crippen molar-refractivity contribution in [3.05, 3.63) is 0 Å². The molecule has 80 valence electrons. The molecule has 0 aromatic heterocycles. The summed E-state index contributed by atoms with van der Waals surface area (Å²) in [4.78, 5) is 0. The molecule has 3 nitrogen and oxygen atoms in total. The molecule has 0 spiro atoms. The fourth-order valence-corrected chi connectivity index (χ4v) is 1.09. The molecule has 0 saturated carbocycles. The average Bonchev–Trinajstić information content (AvgIpc) is 2.10. The third kappa shape index (κ3) is 8.22. The van der Waals surface area contributed by atoms with Gasteiger partial charge in [-0.15, -0.1) is 0 Å². The second kappa shape index (κ2) is 8.48. The molecule has 0 aliphatic rings. The van der Waals surface area contributed by atoms with Crippen LogP contribution in [0.3, 0.4) is 0 Å². The van der Waals surface area contributed by atoms with Gasteiger partial charge in [-0.2, -0.15) is 0 Å². The summed E-state index contributed by atoms with van der Waals surface area (Å²) < 4.78 is 0. The van der Waals surface area contributed by atoms with E-state index in [2.05, 4.69) is 5.32 Å². The van der Waals surface area contributed by atoms with Crippen molar-refractivity contribution in [2.75, 3.05) is 13.2 Å². The minimum atomic E-state index is -0.280. The molecule has 0 bridgehead atoms. The van der Waals surface area contributed by atoms with Crippen LogP contribution in [0.15, 0.2) is 0 Å². The van der Waals surface area contributed by atoms with Gasteiger partial charge in [-0.25, -0.2) is 0 Å². The summed E-state index contributed by atoms with van der Waals surface area (Å²) in [5, 5.41) is 20.9. The molecule has 2 atom stereocenters. The maximum atomic E-state index is 9.17. The predicted molar refractivity (Wildman–Crippen MR) is 54.7 cm³/mol. The van der Waals surface area contributed by atoms with Crippen LogP contribution in [0.1, 0.15) is 39.5 Å². The molecule has 13 heavy (non-hydrogen) atoms. The summed E-state index contributed by atoms with van der Waals surface area (Å²) in [6.07, 6.45) is 4.00. The van der Waals surface area contributed by atoms with Crippen LogP contribution in [-0.2, 0) is 0 Å². The van der Waals surface area contributed by atoms with Gasteiger partial charge in [0.15, 0.2) is 0 Å². The van der Waals surface area contributed by atoms with Gasteiger partial charge in [0, 0.05) is 12.6 Å². The Morgan fingerprint density at radius 1 is 1.08 bits per heavy atom. The van der Waals surface area contributed by atoms with Crippen molar-refractivity contribution in [2.24, 2.45) is 0 Å². The van der Waals surface area contributed by atoms with Crippen molar-refractivity contribution in [2.45, 2.75) is 51.7 Å². The number of aliphatic hydroxyl groups is 2. The molecule has 0 fully saturated rings. The first-order valence-electron chi connectivity index (χ1n) is 5.20. The first-order chi connectivity index (χ1) is 6.18. The van der Waals surface area contributed by atoms with E-state index in [1.807, 2.05) is 6.92 Å². The summed E-state index contributed by atoms with van der Waals surface area (Å²) in [5.41, 5.74) is 0. The number of nitrogens with one attached hydrogen (secondary N) is 1. The molecule has 3 heteroatoms. The zero-order valence-electron chi connectivity index (χ0n) is 8.79. The van der Waals surface area contributed by atoms with Crippen molar-refractivity contribution >= 4 is 0 Å². The van der Waals surface area contributed by atoms with Gasteiger partial charge in [0.2, 0.25) is 0 Å². The van der Waals surface area contributed by atoms with Crippen molar-refractivity contribution in [1.82, 2.24) is 5.32 Å². The Hall–Kier alpha value is -0.120. The third-order valence-electron chi connectivity index (χ3n) is 2.27. The number of rotatable bonds is 8. The maximum absolute atomic E-state index is 9.17. The lowest BCUT2D eigenvalue weighted by Gasteiger charge is -2.16. The monoisotopic (exact) mass is 189 g/mol. The van der Waals surface area contributed by atoms with Gasteiger partial charge >= 0.3 is 0 Å². The van der Waals surface area contributed by atoms with Crippen LogP contribution in [0.2, 0.25) is 0 Å². The number of hydrogen-bond donors (Lipinski definition) is 3. The van der Waals surface area contributed by atoms with Gasteiger partial charge in [0.25, 0.3) is 0 Å². The van der Waals surface area contributed by atoms with E-state index in [1.165, 1.54) is 0 Å². The standard InChI is InChI=1S/C10H23NO2/c1-9(10(2)13)11-7-5-3-4-6-8-12/h9-13H,3-8H2,1-2H3. The number of hydrogen-bond acceptors (Lipinski definition) is 3. The van der Waals surface area contributed by atoms with Crippen LogP contribution < -0.4 is 5.32 Å². The molecule has 0 aliphatic carbocycles. The highest BCUT2D eigenvalue weighted by molar-refractivity contribution is 4.65. The zero-order valence-corrected chi connectivity index (χ0v) is 8.79. The first kappa shape index (κ1) is 12.9. The maximum Gasteiger partial charge on any atom is 0.0662 e. The van der Waals surface area contributed by atoms with Crippen molar-refractivity contribution in [3.8, 4) is 0 Å². The lowest BCUT2D eigenvalue weighted by atomic mass is 10.1. The highest BCUT2D eigenvalue weighted by Crippen LogP contribution is 1.98. The molecule has 0 rings (SSSR count). The molecular formula is C10H23NO2. The van der Waals surface area contributed by atoms with Crippen LogP contribution in [0.5, 0.6) is 0 Å². The van der Waals surface area contributed by atoms with Crippen LogP contribution in [-0.4, -0.2) is 35.5 Å². The van der Waals surface area contributed by atoms with E-state index in [0.717, 1.165) is 32.2 Å². The Labute approximate surface area is 81.2 Å². The van der Waals surface area contributed by atoms with Gasteiger partial charge in [0.1, 0.15) is 0 Å². The number of unbranched alkanes of at least 4 members (excludes halogenated alkanes) is 3. The van der Waals surface area contributed by atoms with E-state index < -0.39 is 0 Å². The van der Waals surface area contributed by atoms with Crippen molar-refractivity contribution in [3.63, 3.8) is 0 Å². The third-order valence-corrected chi connectivity index (χ3v) is 2.27. The van der Waals surface area contributed by atoms with Gasteiger partial charge in [0.05, 0.1) is 6.10 Å². The summed E-state index contributed by atoms with van der Waals surface area (Å²) in [6.45, 7) is 5.04. The average molecular weight is 189 g/mol. The van der Waals surface area contributed by atoms with E-state index in [-0.39, 0.29) is 12.1 Å². The molecule has 2 unspecified atom stereocenters. The quantitative estimate of drug-likeness (QED) is 0.497. The fourth-order valence-electron chi connectivity index (χ4n) is 1.09. The molecule has 0 radical (unpaired) electrons. The van der Waals surface area contributed by atoms with E-state index in [0.29, 0.717) is 6.61 Å². The lowest BCUT2D eigenvalue weighted by Crippen LogP contribution is -2.35. The smallest absolute Gasteiger partial charge is 0.0662 e. The first-order valence-corrected chi connectivity index (χ1v) is 5.20. The molecule has 3 N–H and O–H groups in total. The Bertz CT molecular complexity index is 107. The summed E-state index contributed by atoms with van der Waals surface area (Å²) in [5.74, 6) is 0. The Balaban J connectivity index is 3.07. The van der Waals surface area contributed by atoms with Crippen LogP contribution in [0.25, 0.3) is 0 Å². The highest BCUT2D eigenvalue weighted by atomic mass is 16.3.